The predicted molar refractivity (Wildman–Crippen MR) is 94.9 cm³/mol. The van der Waals surface area contributed by atoms with Crippen LogP contribution >= 0.6 is 0 Å². The molecule has 2 heterocycles. The first kappa shape index (κ1) is 16.2. The van der Waals surface area contributed by atoms with Gasteiger partial charge in [-0.05, 0) is 62.6 Å². The van der Waals surface area contributed by atoms with Gasteiger partial charge in [0.05, 0.1) is 17.9 Å². The van der Waals surface area contributed by atoms with Crippen molar-refractivity contribution in [3.63, 3.8) is 0 Å². The van der Waals surface area contributed by atoms with Crippen LogP contribution in [0.2, 0.25) is 0 Å². The van der Waals surface area contributed by atoms with Gasteiger partial charge in [0.2, 0.25) is 0 Å². The van der Waals surface area contributed by atoms with Crippen molar-refractivity contribution in [1.82, 2.24) is 0 Å². The molecule has 0 radical (unpaired) electrons. The average molecular weight is 333 g/mol. The summed E-state index contributed by atoms with van der Waals surface area (Å²) in [5.41, 5.74) is 7.54. The zero-order valence-electron chi connectivity index (χ0n) is 14.2. The van der Waals surface area contributed by atoms with Crippen molar-refractivity contribution in [2.24, 2.45) is 11.7 Å². The van der Waals surface area contributed by atoms with Crippen LogP contribution in [0.4, 0.5) is 15.8 Å². The fraction of sp³-hybridized carbons (Fsp3) is 0.684. The van der Waals surface area contributed by atoms with E-state index in [-0.39, 0.29) is 18.0 Å². The molecular weight excluding hydrogens is 305 g/mol. The van der Waals surface area contributed by atoms with Crippen LogP contribution in [0.1, 0.15) is 38.5 Å². The van der Waals surface area contributed by atoms with Crippen molar-refractivity contribution in [1.29, 1.82) is 0 Å². The number of nitrogens with two attached hydrogens (primary N) is 1. The number of nitrogens with zero attached hydrogens (tertiary/aromatic N) is 1. The van der Waals surface area contributed by atoms with Crippen molar-refractivity contribution in [2.75, 3.05) is 29.9 Å². The van der Waals surface area contributed by atoms with E-state index in [0.29, 0.717) is 17.6 Å². The molecule has 1 aromatic rings. The summed E-state index contributed by atoms with van der Waals surface area (Å²) in [7, 11) is 0. The highest BCUT2D eigenvalue weighted by Gasteiger charge is 2.34. The summed E-state index contributed by atoms with van der Waals surface area (Å²) in [6, 6.07) is 5.94. The molecule has 132 valence electrons. The molecule has 2 saturated heterocycles. The minimum Gasteiger partial charge on any atom is -0.385 e. The predicted octanol–water partition coefficient (Wildman–Crippen LogP) is 3.12. The van der Waals surface area contributed by atoms with E-state index in [0.717, 1.165) is 51.0 Å². The molecule has 3 N–H and O–H groups in total. The van der Waals surface area contributed by atoms with Gasteiger partial charge in [0, 0.05) is 31.4 Å². The van der Waals surface area contributed by atoms with E-state index in [2.05, 4.69) is 10.2 Å². The highest BCUT2D eigenvalue weighted by atomic mass is 19.1. The molecule has 1 saturated carbocycles. The molecule has 2 atom stereocenters. The number of anilines is 2. The molecule has 1 aromatic carbocycles. The van der Waals surface area contributed by atoms with E-state index in [9.17, 15) is 4.39 Å². The lowest BCUT2D eigenvalue weighted by Crippen LogP contribution is -2.43. The Labute approximate surface area is 143 Å². The number of nitrogens with one attached hydrogen (secondary N) is 1. The normalized spacial score (nSPS) is 32.8. The van der Waals surface area contributed by atoms with E-state index in [4.69, 9.17) is 10.5 Å². The molecule has 24 heavy (non-hydrogen) atoms. The van der Waals surface area contributed by atoms with Gasteiger partial charge in [0.1, 0.15) is 5.82 Å². The second-order valence-corrected chi connectivity index (χ2v) is 7.69. The van der Waals surface area contributed by atoms with Crippen LogP contribution in [0.5, 0.6) is 0 Å². The van der Waals surface area contributed by atoms with Crippen molar-refractivity contribution < 1.29 is 9.13 Å². The second-order valence-electron chi connectivity index (χ2n) is 7.69. The molecule has 4 rings (SSSR count). The Balaban J connectivity index is 1.35. The van der Waals surface area contributed by atoms with Crippen LogP contribution in [0, 0.1) is 11.7 Å². The largest absolute Gasteiger partial charge is 0.385 e. The summed E-state index contributed by atoms with van der Waals surface area (Å²) >= 11 is 0. The van der Waals surface area contributed by atoms with E-state index >= 15 is 0 Å². The number of hydrogen-bond donors (Lipinski definition) is 2. The zero-order valence-corrected chi connectivity index (χ0v) is 14.2. The van der Waals surface area contributed by atoms with E-state index in [1.54, 1.807) is 6.07 Å². The first-order valence-corrected chi connectivity index (χ1v) is 9.37. The average Bonchev–Trinajstić information content (AvgIpc) is 2.92. The topological polar surface area (TPSA) is 50.5 Å². The van der Waals surface area contributed by atoms with Gasteiger partial charge in [-0.15, -0.1) is 0 Å². The van der Waals surface area contributed by atoms with Crippen LogP contribution in [0.3, 0.4) is 0 Å². The number of morpholine rings is 1. The van der Waals surface area contributed by atoms with E-state index < -0.39 is 0 Å². The van der Waals surface area contributed by atoms with Crippen LogP contribution < -0.4 is 16.0 Å². The van der Waals surface area contributed by atoms with Crippen molar-refractivity contribution in [3.8, 4) is 0 Å². The van der Waals surface area contributed by atoms with Crippen LogP contribution in [0.25, 0.3) is 0 Å². The van der Waals surface area contributed by atoms with Crippen molar-refractivity contribution in [3.05, 3.63) is 24.0 Å². The van der Waals surface area contributed by atoms with Gasteiger partial charge in [-0.3, -0.25) is 0 Å². The van der Waals surface area contributed by atoms with Crippen molar-refractivity contribution in [2.45, 2.75) is 56.8 Å². The standard InChI is InChI=1S/C19H28FN3O/c20-18-9-15(22-10-13-1-3-14(21)4-2-13)5-8-19(18)23-11-16-6-7-17(12-23)24-16/h5,8-9,13-14,16-17,22H,1-4,6-7,10-12,21H2/t13?,14?,16-,17-/m1/s1. The molecule has 0 aromatic heterocycles. The highest BCUT2D eigenvalue weighted by Crippen LogP contribution is 2.32. The van der Waals surface area contributed by atoms with Gasteiger partial charge in [-0.1, -0.05) is 0 Å². The third-order valence-electron chi connectivity index (χ3n) is 5.82. The summed E-state index contributed by atoms with van der Waals surface area (Å²) in [5.74, 6) is 0.523. The summed E-state index contributed by atoms with van der Waals surface area (Å²) < 4.78 is 20.4. The van der Waals surface area contributed by atoms with Crippen LogP contribution in [0.15, 0.2) is 18.2 Å². The number of ether oxygens (including phenoxy) is 1. The molecule has 2 aliphatic heterocycles. The van der Waals surface area contributed by atoms with Gasteiger partial charge in [-0.2, -0.15) is 0 Å². The summed E-state index contributed by atoms with van der Waals surface area (Å²) in [4.78, 5) is 2.15. The first-order chi connectivity index (χ1) is 11.7. The molecule has 1 aliphatic carbocycles. The lowest BCUT2D eigenvalue weighted by molar-refractivity contribution is 0.0303. The summed E-state index contributed by atoms with van der Waals surface area (Å²) in [6.07, 6.45) is 7.33. The third-order valence-corrected chi connectivity index (χ3v) is 5.82. The number of hydrogen-bond acceptors (Lipinski definition) is 4. The number of halogens is 1. The molecule has 0 amide bonds. The number of benzene rings is 1. The Morgan fingerprint density at radius 3 is 2.46 bits per heavy atom. The lowest BCUT2D eigenvalue weighted by atomic mass is 9.86. The number of rotatable bonds is 4. The molecule has 3 aliphatic rings. The molecule has 3 fully saturated rings. The molecular formula is C19H28FN3O. The minimum atomic E-state index is -0.132. The van der Waals surface area contributed by atoms with E-state index in [1.165, 1.54) is 12.8 Å². The second kappa shape index (κ2) is 6.89. The zero-order chi connectivity index (χ0) is 16.5. The number of fused-ring (bicyclic) bond motifs is 2. The maximum atomic E-state index is 14.6. The van der Waals surface area contributed by atoms with Gasteiger partial charge in [-0.25, -0.2) is 4.39 Å². The van der Waals surface area contributed by atoms with Crippen LogP contribution in [-0.2, 0) is 4.74 Å². The SMILES string of the molecule is NC1CCC(CNc2ccc(N3C[C@H]4CC[C@H](C3)O4)c(F)c2)CC1. The highest BCUT2D eigenvalue weighted by molar-refractivity contribution is 5.57. The fourth-order valence-electron chi connectivity index (χ4n) is 4.34. The molecule has 2 bridgehead atoms. The third kappa shape index (κ3) is 3.52. The Kier molecular flexibility index (Phi) is 4.63. The minimum absolute atomic E-state index is 0.132. The molecule has 0 spiro atoms. The fourth-order valence-corrected chi connectivity index (χ4v) is 4.34. The Hall–Kier alpha value is -1.33. The maximum absolute atomic E-state index is 14.6. The summed E-state index contributed by atoms with van der Waals surface area (Å²) in [6.45, 7) is 2.53. The van der Waals surface area contributed by atoms with Gasteiger partial charge in [0.25, 0.3) is 0 Å². The van der Waals surface area contributed by atoms with E-state index in [1.807, 2.05) is 12.1 Å². The maximum Gasteiger partial charge on any atom is 0.148 e. The Morgan fingerprint density at radius 1 is 1.08 bits per heavy atom. The quantitative estimate of drug-likeness (QED) is 0.889. The van der Waals surface area contributed by atoms with Gasteiger partial charge < -0.3 is 20.7 Å². The molecule has 0 unspecified atom stereocenters. The van der Waals surface area contributed by atoms with Gasteiger partial charge in [0.15, 0.2) is 0 Å². The molecule has 5 heteroatoms. The lowest BCUT2D eigenvalue weighted by Gasteiger charge is -2.34. The van der Waals surface area contributed by atoms with Crippen molar-refractivity contribution >= 4 is 11.4 Å². The summed E-state index contributed by atoms with van der Waals surface area (Å²) in [5, 5.41) is 3.41. The first-order valence-electron chi connectivity index (χ1n) is 9.37. The molecule has 4 nitrogen and oxygen atoms in total. The van der Waals surface area contributed by atoms with Crippen LogP contribution in [-0.4, -0.2) is 37.9 Å². The Bertz CT molecular complexity index is 562. The smallest absolute Gasteiger partial charge is 0.148 e. The van der Waals surface area contributed by atoms with Gasteiger partial charge >= 0.3 is 0 Å². The monoisotopic (exact) mass is 333 g/mol. The Morgan fingerprint density at radius 2 is 1.79 bits per heavy atom.